The number of anilines is 1. The molecule has 8 heteroatoms. The van der Waals surface area contributed by atoms with Gasteiger partial charge in [-0.1, -0.05) is 24.3 Å². The van der Waals surface area contributed by atoms with Crippen molar-refractivity contribution in [3.8, 4) is 0 Å². The van der Waals surface area contributed by atoms with Gasteiger partial charge in [-0.3, -0.25) is 4.72 Å². The van der Waals surface area contributed by atoms with Crippen LogP contribution in [0.2, 0.25) is 0 Å². The number of aryl methyl sites for hydroxylation is 1. The van der Waals surface area contributed by atoms with Gasteiger partial charge in [-0.15, -0.1) is 0 Å². The summed E-state index contributed by atoms with van der Waals surface area (Å²) in [5, 5.41) is 4.07. The second-order valence-corrected chi connectivity index (χ2v) is 8.78. The lowest BCUT2D eigenvalue weighted by Gasteiger charge is -2.16. The second kappa shape index (κ2) is 7.73. The zero-order valence-electron chi connectivity index (χ0n) is 15.7. The topological polar surface area (TPSA) is 80.1 Å². The van der Waals surface area contributed by atoms with Crippen LogP contribution < -0.4 is 4.72 Å². The Bertz CT molecular complexity index is 1060. The van der Waals surface area contributed by atoms with E-state index in [1.807, 2.05) is 24.3 Å². The van der Waals surface area contributed by atoms with Gasteiger partial charge in [0.25, 0.3) is 10.0 Å². The SMILES string of the molecule is CN1CCCc2ccc(NS(=O)(=O)c3ccccc3Cn3cncn3)cc2C1. The molecule has 0 fully saturated rings. The first kappa shape index (κ1) is 18.6. The summed E-state index contributed by atoms with van der Waals surface area (Å²) in [4.78, 5) is 6.42. The van der Waals surface area contributed by atoms with Gasteiger partial charge in [0.2, 0.25) is 0 Å². The number of aromatic nitrogens is 3. The lowest BCUT2D eigenvalue weighted by Crippen LogP contribution is -2.18. The number of rotatable bonds is 5. The fraction of sp³-hybridized carbons (Fsp3) is 0.300. The average molecular weight is 398 g/mol. The quantitative estimate of drug-likeness (QED) is 0.716. The Hall–Kier alpha value is -2.71. The van der Waals surface area contributed by atoms with Crippen molar-refractivity contribution in [1.82, 2.24) is 19.7 Å². The van der Waals surface area contributed by atoms with Gasteiger partial charge in [0.1, 0.15) is 12.7 Å². The first-order valence-corrected chi connectivity index (χ1v) is 10.7. The predicted octanol–water partition coefficient (Wildman–Crippen LogP) is 2.51. The average Bonchev–Trinajstić information content (AvgIpc) is 3.09. The first-order chi connectivity index (χ1) is 13.5. The van der Waals surface area contributed by atoms with Crippen LogP contribution in [0.15, 0.2) is 60.0 Å². The van der Waals surface area contributed by atoms with Crippen LogP contribution in [-0.4, -0.2) is 41.7 Å². The molecule has 0 saturated carbocycles. The maximum Gasteiger partial charge on any atom is 0.262 e. The van der Waals surface area contributed by atoms with Gasteiger partial charge >= 0.3 is 0 Å². The third kappa shape index (κ3) is 4.07. The molecule has 7 nitrogen and oxygen atoms in total. The summed E-state index contributed by atoms with van der Waals surface area (Å²) in [7, 11) is -1.63. The molecule has 2 heterocycles. The fourth-order valence-corrected chi connectivity index (χ4v) is 4.87. The Morgan fingerprint density at radius 3 is 2.82 bits per heavy atom. The highest BCUT2D eigenvalue weighted by Gasteiger charge is 2.20. The third-order valence-electron chi connectivity index (χ3n) is 4.95. The molecule has 3 aromatic rings. The number of sulfonamides is 1. The van der Waals surface area contributed by atoms with Crippen LogP contribution in [0.1, 0.15) is 23.1 Å². The Balaban J connectivity index is 1.62. The minimum atomic E-state index is -3.72. The number of nitrogens with zero attached hydrogens (tertiary/aromatic N) is 4. The van der Waals surface area contributed by atoms with Crippen molar-refractivity contribution in [1.29, 1.82) is 0 Å². The summed E-state index contributed by atoms with van der Waals surface area (Å²) >= 11 is 0. The van der Waals surface area contributed by atoms with E-state index < -0.39 is 10.0 Å². The van der Waals surface area contributed by atoms with Crippen LogP contribution in [0.25, 0.3) is 0 Å². The van der Waals surface area contributed by atoms with Gasteiger partial charge in [-0.25, -0.2) is 18.1 Å². The van der Waals surface area contributed by atoms with Gasteiger partial charge in [-0.2, -0.15) is 5.10 Å². The van der Waals surface area contributed by atoms with E-state index in [1.165, 1.54) is 17.5 Å². The third-order valence-corrected chi connectivity index (χ3v) is 6.43. The van der Waals surface area contributed by atoms with Crippen LogP contribution >= 0.6 is 0 Å². The van der Waals surface area contributed by atoms with Crippen LogP contribution in [0.3, 0.4) is 0 Å². The summed E-state index contributed by atoms with van der Waals surface area (Å²) in [6.45, 7) is 2.21. The van der Waals surface area contributed by atoms with Gasteiger partial charge in [0.15, 0.2) is 0 Å². The summed E-state index contributed by atoms with van der Waals surface area (Å²) in [5.41, 5.74) is 3.72. The molecule has 0 saturated heterocycles. The molecule has 1 aliphatic rings. The van der Waals surface area contributed by atoms with Crippen molar-refractivity contribution in [2.45, 2.75) is 30.8 Å². The lowest BCUT2D eigenvalue weighted by molar-refractivity contribution is 0.332. The molecule has 4 rings (SSSR count). The maximum atomic E-state index is 13.1. The van der Waals surface area contributed by atoms with E-state index in [0.717, 1.165) is 25.9 Å². The number of hydrogen-bond donors (Lipinski definition) is 1. The predicted molar refractivity (Wildman–Crippen MR) is 107 cm³/mol. The molecule has 0 atom stereocenters. The van der Waals surface area contributed by atoms with Crippen molar-refractivity contribution in [2.24, 2.45) is 0 Å². The van der Waals surface area contributed by atoms with E-state index in [1.54, 1.807) is 29.2 Å². The molecular formula is C20H23N5O2S. The number of nitrogens with one attached hydrogen (secondary N) is 1. The number of benzene rings is 2. The van der Waals surface area contributed by atoms with Crippen molar-refractivity contribution in [3.63, 3.8) is 0 Å². The standard InChI is InChI=1S/C20H23N5O2S/c1-24-10-4-6-16-8-9-19(11-18(16)12-24)23-28(26,27)20-7-3-2-5-17(20)13-25-15-21-14-22-25/h2-3,5,7-9,11,14-15,23H,4,6,10,12-13H2,1H3. The highest BCUT2D eigenvalue weighted by Crippen LogP contribution is 2.25. The summed E-state index contributed by atoms with van der Waals surface area (Å²) in [5.74, 6) is 0. The molecule has 0 spiro atoms. The molecule has 0 aliphatic carbocycles. The smallest absolute Gasteiger partial charge is 0.262 e. The van der Waals surface area contributed by atoms with Crippen molar-refractivity contribution >= 4 is 15.7 Å². The van der Waals surface area contributed by atoms with Crippen molar-refractivity contribution < 1.29 is 8.42 Å². The minimum Gasteiger partial charge on any atom is -0.302 e. The molecule has 146 valence electrons. The van der Waals surface area contributed by atoms with E-state index in [0.29, 0.717) is 17.8 Å². The number of fused-ring (bicyclic) bond motifs is 1. The highest BCUT2D eigenvalue weighted by molar-refractivity contribution is 7.92. The molecular weight excluding hydrogens is 374 g/mol. The Labute approximate surface area is 165 Å². The lowest BCUT2D eigenvalue weighted by atomic mass is 10.0. The second-order valence-electron chi connectivity index (χ2n) is 7.13. The monoisotopic (exact) mass is 397 g/mol. The number of hydrogen-bond acceptors (Lipinski definition) is 5. The molecule has 0 amide bonds. The zero-order chi connectivity index (χ0) is 19.6. The Kier molecular flexibility index (Phi) is 5.15. The summed E-state index contributed by atoms with van der Waals surface area (Å²) < 4.78 is 30.5. The largest absolute Gasteiger partial charge is 0.302 e. The van der Waals surface area contributed by atoms with Gasteiger partial charge in [-0.05, 0) is 61.3 Å². The Morgan fingerprint density at radius 2 is 2.00 bits per heavy atom. The molecule has 2 aromatic carbocycles. The summed E-state index contributed by atoms with van der Waals surface area (Å²) in [6.07, 6.45) is 5.14. The first-order valence-electron chi connectivity index (χ1n) is 9.25. The summed E-state index contributed by atoms with van der Waals surface area (Å²) in [6, 6.07) is 12.8. The molecule has 0 unspecified atom stereocenters. The van der Waals surface area contributed by atoms with Gasteiger partial charge in [0.05, 0.1) is 11.4 Å². The van der Waals surface area contributed by atoms with E-state index in [2.05, 4.69) is 26.8 Å². The maximum absolute atomic E-state index is 13.1. The van der Waals surface area contributed by atoms with Crippen LogP contribution in [0.4, 0.5) is 5.69 Å². The zero-order valence-corrected chi connectivity index (χ0v) is 16.6. The minimum absolute atomic E-state index is 0.248. The molecule has 0 bridgehead atoms. The molecule has 1 aromatic heterocycles. The molecule has 1 N–H and O–H groups in total. The van der Waals surface area contributed by atoms with Crippen LogP contribution in [-0.2, 0) is 29.5 Å². The van der Waals surface area contributed by atoms with Crippen molar-refractivity contribution in [3.05, 3.63) is 71.8 Å². The fourth-order valence-electron chi connectivity index (χ4n) is 3.59. The van der Waals surface area contributed by atoms with Crippen molar-refractivity contribution in [2.75, 3.05) is 18.3 Å². The normalized spacial score (nSPS) is 15.0. The van der Waals surface area contributed by atoms with E-state index >= 15 is 0 Å². The van der Waals surface area contributed by atoms with E-state index in [-0.39, 0.29) is 4.90 Å². The molecule has 28 heavy (non-hydrogen) atoms. The molecule has 1 aliphatic heterocycles. The van der Waals surface area contributed by atoms with Gasteiger partial charge < -0.3 is 4.90 Å². The van der Waals surface area contributed by atoms with Crippen LogP contribution in [0, 0.1) is 0 Å². The highest BCUT2D eigenvalue weighted by atomic mass is 32.2. The van der Waals surface area contributed by atoms with E-state index in [9.17, 15) is 8.42 Å². The van der Waals surface area contributed by atoms with Gasteiger partial charge in [0, 0.05) is 12.2 Å². The van der Waals surface area contributed by atoms with E-state index in [4.69, 9.17) is 0 Å². The van der Waals surface area contributed by atoms with Crippen LogP contribution in [0.5, 0.6) is 0 Å². The molecule has 0 radical (unpaired) electrons. The Morgan fingerprint density at radius 1 is 1.14 bits per heavy atom.